The maximum Gasteiger partial charge on any atom is 0.346 e. The van der Waals surface area contributed by atoms with Gasteiger partial charge in [0.2, 0.25) is 5.79 Å². The molecule has 2 saturated carbocycles. The Balaban J connectivity index is 1.77. The molecule has 3 fully saturated rings. The molecule has 1 aliphatic heterocycles. The lowest BCUT2D eigenvalue weighted by atomic mass is 9.93. The van der Waals surface area contributed by atoms with Crippen LogP contribution in [0.3, 0.4) is 0 Å². The van der Waals surface area contributed by atoms with Crippen molar-refractivity contribution in [2.24, 2.45) is 11.8 Å². The summed E-state index contributed by atoms with van der Waals surface area (Å²) in [6.07, 6.45) is 0.490. The van der Waals surface area contributed by atoms with Gasteiger partial charge in [0, 0.05) is 12.3 Å². The molecule has 1 aromatic rings. The third kappa shape index (κ3) is 2.51. The number of carbonyl (C=O) groups is 1. The fraction of sp³-hybridized carbons (Fsp3) is 0.500. The zero-order valence-electron chi connectivity index (χ0n) is 13.5. The molecule has 4 unspecified atom stereocenters. The van der Waals surface area contributed by atoms with Crippen LogP contribution in [-0.4, -0.2) is 38.4 Å². The molecule has 0 amide bonds. The predicted octanol–water partition coefficient (Wildman–Crippen LogP) is 1.50. The molecule has 4 atom stereocenters. The Hall–Kier alpha value is -1.77. The van der Waals surface area contributed by atoms with Crippen molar-refractivity contribution in [3.8, 4) is 0 Å². The number of esters is 1. The minimum Gasteiger partial charge on any atom is -0.428 e. The van der Waals surface area contributed by atoms with Gasteiger partial charge < -0.3 is 4.74 Å². The van der Waals surface area contributed by atoms with E-state index < -0.39 is 76.9 Å². The van der Waals surface area contributed by atoms with Crippen LogP contribution < -0.4 is 0 Å². The molecule has 1 heterocycles. The Bertz CT molecular complexity index is 1100. The van der Waals surface area contributed by atoms with Crippen molar-refractivity contribution in [2.75, 3.05) is 0 Å². The summed E-state index contributed by atoms with van der Waals surface area (Å²) in [7, 11) is -9.80. The molecule has 4 rings (SSSR count). The predicted molar refractivity (Wildman–Crippen MR) is 78.9 cm³/mol. The van der Waals surface area contributed by atoms with Gasteiger partial charge in [0.05, 0.1) is 5.25 Å². The molecular formula is C14H10F4O8S2. The lowest BCUT2D eigenvalue weighted by molar-refractivity contribution is -0.154. The number of rotatable bonds is 3. The molecule has 2 aliphatic carbocycles. The van der Waals surface area contributed by atoms with Gasteiger partial charge in [-0.1, -0.05) is 0 Å². The number of ether oxygens (including phenoxy) is 1. The number of benzene rings is 1. The van der Waals surface area contributed by atoms with Gasteiger partial charge >= 0.3 is 16.1 Å². The van der Waals surface area contributed by atoms with E-state index in [9.17, 15) is 39.2 Å². The fourth-order valence-corrected chi connectivity index (χ4v) is 6.92. The molecule has 0 spiro atoms. The summed E-state index contributed by atoms with van der Waals surface area (Å²) in [4.78, 5) is 9.95. The molecule has 28 heavy (non-hydrogen) atoms. The monoisotopic (exact) mass is 446 g/mol. The molecule has 2 bridgehead atoms. The van der Waals surface area contributed by atoms with Crippen molar-refractivity contribution in [1.82, 2.24) is 0 Å². The highest BCUT2D eigenvalue weighted by molar-refractivity contribution is 7.87. The molecule has 0 aromatic heterocycles. The minimum atomic E-state index is -5.69. The topological polar surface area (TPSA) is 124 Å². The van der Waals surface area contributed by atoms with Crippen LogP contribution >= 0.6 is 0 Å². The highest BCUT2D eigenvalue weighted by Gasteiger charge is 2.70. The van der Waals surface area contributed by atoms with Crippen LogP contribution in [0.4, 0.5) is 17.6 Å². The Labute approximate surface area is 155 Å². The second kappa shape index (κ2) is 5.64. The van der Waals surface area contributed by atoms with E-state index in [1.54, 1.807) is 0 Å². The summed E-state index contributed by atoms with van der Waals surface area (Å²) in [6, 6.07) is 0. The van der Waals surface area contributed by atoms with E-state index in [2.05, 4.69) is 0 Å². The van der Waals surface area contributed by atoms with Crippen molar-refractivity contribution in [1.29, 1.82) is 0 Å². The SMILES string of the molecule is O=C(OC12CC3CC1C(C3)S(=O)(=O)O2)c1c(F)c(F)c(S(=O)(=O)O)c(F)c1F. The van der Waals surface area contributed by atoms with Crippen molar-refractivity contribution >= 4 is 26.2 Å². The van der Waals surface area contributed by atoms with E-state index in [4.69, 9.17) is 13.5 Å². The third-order valence-electron chi connectivity index (χ3n) is 5.32. The zero-order chi connectivity index (χ0) is 20.8. The van der Waals surface area contributed by atoms with Crippen LogP contribution in [0.2, 0.25) is 0 Å². The van der Waals surface area contributed by atoms with Gasteiger partial charge in [-0.05, 0) is 18.8 Å². The number of hydrogen-bond donors (Lipinski definition) is 1. The van der Waals surface area contributed by atoms with Crippen LogP contribution in [0.5, 0.6) is 0 Å². The summed E-state index contributed by atoms with van der Waals surface area (Å²) in [5.74, 6) is -14.9. The first kappa shape index (κ1) is 19.5. The van der Waals surface area contributed by atoms with Crippen molar-refractivity contribution in [3.63, 3.8) is 0 Å². The van der Waals surface area contributed by atoms with Crippen LogP contribution in [0, 0.1) is 35.1 Å². The summed E-state index contributed by atoms with van der Waals surface area (Å²) >= 11 is 0. The Morgan fingerprint density at radius 3 is 2.18 bits per heavy atom. The molecule has 3 aliphatic rings. The standard InChI is InChI=1S/C14H10F4O8S2/c15-8-7(9(16)11(18)12(10(8)17)27(20,21)22)13(19)25-14-3-4-1-5(14)6(2-4)28(23,24)26-14/h4-6H,1-3H2,(H,20,21,22). The summed E-state index contributed by atoms with van der Waals surface area (Å²) in [5, 5.41) is -0.968. The van der Waals surface area contributed by atoms with Gasteiger partial charge in [-0.25, -0.2) is 26.5 Å². The Kier molecular flexibility index (Phi) is 3.94. The minimum absolute atomic E-state index is 0.0869. The lowest BCUT2D eigenvalue weighted by Crippen LogP contribution is -2.40. The molecule has 154 valence electrons. The van der Waals surface area contributed by atoms with Crippen molar-refractivity contribution < 1.29 is 52.7 Å². The number of fused-ring (bicyclic) bond motifs is 1. The van der Waals surface area contributed by atoms with Gasteiger partial charge in [-0.15, -0.1) is 0 Å². The summed E-state index contributed by atoms with van der Waals surface area (Å²) in [6.45, 7) is 0. The second-order valence-electron chi connectivity index (χ2n) is 6.90. The van der Waals surface area contributed by atoms with Crippen molar-refractivity contribution in [3.05, 3.63) is 28.8 Å². The zero-order valence-corrected chi connectivity index (χ0v) is 15.1. The van der Waals surface area contributed by atoms with E-state index in [1.165, 1.54) is 0 Å². The largest absolute Gasteiger partial charge is 0.428 e. The molecule has 1 saturated heterocycles. The summed E-state index contributed by atoms with van der Waals surface area (Å²) in [5.41, 5.74) is -1.91. The van der Waals surface area contributed by atoms with Gasteiger partial charge in [0.15, 0.2) is 28.2 Å². The fourth-order valence-electron chi connectivity index (χ4n) is 4.32. The van der Waals surface area contributed by atoms with Crippen LogP contribution in [0.25, 0.3) is 0 Å². The van der Waals surface area contributed by atoms with E-state index >= 15 is 0 Å². The first-order valence-electron chi connectivity index (χ1n) is 7.79. The van der Waals surface area contributed by atoms with E-state index in [0.29, 0.717) is 6.42 Å². The molecule has 1 aromatic carbocycles. The van der Waals surface area contributed by atoms with E-state index in [1.807, 2.05) is 0 Å². The molecular weight excluding hydrogens is 436 g/mol. The van der Waals surface area contributed by atoms with Gasteiger partial charge in [-0.3, -0.25) is 4.55 Å². The number of halogens is 4. The maximum absolute atomic E-state index is 14.1. The molecule has 0 radical (unpaired) electrons. The van der Waals surface area contributed by atoms with Gasteiger partial charge in [0.1, 0.15) is 5.56 Å². The van der Waals surface area contributed by atoms with Crippen LogP contribution in [0.1, 0.15) is 29.6 Å². The van der Waals surface area contributed by atoms with Gasteiger partial charge in [-0.2, -0.15) is 16.8 Å². The first-order valence-corrected chi connectivity index (χ1v) is 10.7. The normalized spacial score (nSPS) is 32.7. The Morgan fingerprint density at radius 1 is 1.11 bits per heavy atom. The third-order valence-corrected chi connectivity index (χ3v) is 7.97. The maximum atomic E-state index is 14.1. The van der Waals surface area contributed by atoms with Crippen molar-refractivity contribution in [2.45, 2.75) is 35.2 Å². The summed E-state index contributed by atoms with van der Waals surface area (Å²) < 4.78 is 120. The van der Waals surface area contributed by atoms with Gasteiger partial charge in [0.25, 0.3) is 10.1 Å². The first-order chi connectivity index (χ1) is 12.8. The molecule has 1 N–H and O–H groups in total. The average Bonchev–Trinajstić information content (AvgIpc) is 3.12. The van der Waals surface area contributed by atoms with E-state index in [0.717, 1.165) is 0 Å². The molecule has 14 heteroatoms. The van der Waals surface area contributed by atoms with E-state index in [-0.39, 0.29) is 18.8 Å². The second-order valence-corrected chi connectivity index (χ2v) is 10.0. The average molecular weight is 446 g/mol. The quantitative estimate of drug-likeness (QED) is 0.244. The smallest absolute Gasteiger partial charge is 0.346 e. The van der Waals surface area contributed by atoms with Crippen LogP contribution in [-0.2, 0) is 29.2 Å². The molecule has 8 nitrogen and oxygen atoms in total. The Morgan fingerprint density at radius 2 is 1.68 bits per heavy atom. The van der Waals surface area contributed by atoms with Crippen LogP contribution in [0.15, 0.2) is 4.90 Å². The number of carbonyl (C=O) groups excluding carboxylic acids is 1. The lowest BCUT2D eigenvalue weighted by Gasteiger charge is -2.29. The number of hydrogen-bond acceptors (Lipinski definition) is 7. The highest BCUT2D eigenvalue weighted by atomic mass is 32.2. The highest BCUT2D eigenvalue weighted by Crippen LogP contribution is 2.61.